The summed E-state index contributed by atoms with van der Waals surface area (Å²) in [7, 11) is 0.353. The van der Waals surface area contributed by atoms with Crippen molar-refractivity contribution in [1.29, 1.82) is 0 Å². The van der Waals surface area contributed by atoms with E-state index in [0.717, 1.165) is 36.2 Å². The predicted molar refractivity (Wildman–Crippen MR) is 158 cm³/mol. The van der Waals surface area contributed by atoms with Crippen molar-refractivity contribution in [3.63, 3.8) is 0 Å². The smallest absolute Gasteiger partial charge is 0.228 e. The average molecular weight is 577 g/mol. The monoisotopic (exact) mass is 576 g/mol. The summed E-state index contributed by atoms with van der Waals surface area (Å²) in [5.74, 6) is -0.407. The zero-order valence-electron chi connectivity index (χ0n) is 23.2. The average Bonchev–Trinajstić information content (AvgIpc) is 3.24. The largest absolute Gasteiger partial charge is 0.337 e. The maximum absolute atomic E-state index is 14.5. The third-order valence-electron chi connectivity index (χ3n) is 7.70. The highest BCUT2D eigenvalue weighted by Crippen LogP contribution is 2.35. The number of halogens is 2. The fourth-order valence-electron chi connectivity index (χ4n) is 5.37. The van der Waals surface area contributed by atoms with E-state index in [0.29, 0.717) is 22.6 Å². The van der Waals surface area contributed by atoms with Crippen LogP contribution in [0.5, 0.6) is 0 Å². The lowest BCUT2D eigenvalue weighted by molar-refractivity contribution is -0.119. The van der Waals surface area contributed by atoms with Crippen LogP contribution in [0.25, 0.3) is 0 Å². The molecule has 1 aromatic heterocycles. The molecule has 2 aliphatic carbocycles. The van der Waals surface area contributed by atoms with Crippen molar-refractivity contribution < 1.29 is 17.8 Å². The highest BCUT2D eigenvalue weighted by Gasteiger charge is 2.27. The Morgan fingerprint density at radius 1 is 1.20 bits per heavy atom. The SMILES string of the molecule is C[C@@H](CC(=O)N(Cc1nccn1C)c1ccc2c(c1)C(NS(=O)C1=CCC=C(F)C=C1)CCC2)c1ccccc1F. The first-order valence-corrected chi connectivity index (χ1v) is 15.0. The number of amides is 1. The topological polar surface area (TPSA) is 67.2 Å². The van der Waals surface area contributed by atoms with Crippen LogP contribution in [0.3, 0.4) is 0 Å². The molecular formula is C32H34F2N4O2S. The Hall–Kier alpha value is -3.69. The number of carbonyl (C=O) groups excluding carboxylic acids is 1. The number of carbonyl (C=O) groups is 1. The fourth-order valence-corrected chi connectivity index (χ4v) is 6.45. The zero-order valence-corrected chi connectivity index (χ0v) is 24.0. The van der Waals surface area contributed by atoms with E-state index in [-0.39, 0.29) is 42.5 Å². The molecule has 0 fully saturated rings. The molecule has 1 heterocycles. The number of fused-ring (bicyclic) bond motifs is 1. The van der Waals surface area contributed by atoms with Crippen LogP contribution in [0.2, 0.25) is 0 Å². The summed E-state index contributed by atoms with van der Waals surface area (Å²) in [4.78, 5) is 20.5. The lowest BCUT2D eigenvalue weighted by Gasteiger charge is -2.30. The van der Waals surface area contributed by atoms with Crippen LogP contribution >= 0.6 is 0 Å². The molecule has 2 unspecified atom stereocenters. The Morgan fingerprint density at radius 3 is 2.80 bits per heavy atom. The van der Waals surface area contributed by atoms with Gasteiger partial charge in [-0.05, 0) is 84.7 Å². The number of nitrogens with zero attached hydrogens (tertiary/aromatic N) is 3. The molecule has 2 aromatic carbocycles. The van der Waals surface area contributed by atoms with Crippen LogP contribution in [-0.4, -0.2) is 19.7 Å². The van der Waals surface area contributed by atoms with E-state index in [1.165, 1.54) is 18.2 Å². The molecule has 1 N–H and O–H groups in total. The van der Waals surface area contributed by atoms with Gasteiger partial charge in [-0.15, -0.1) is 0 Å². The Balaban J connectivity index is 1.42. The third-order valence-corrected chi connectivity index (χ3v) is 8.93. The molecule has 0 spiro atoms. The van der Waals surface area contributed by atoms with Crippen LogP contribution in [-0.2, 0) is 35.8 Å². The van der Waals surface area contributed by atoms with E-state index in [1.807, 2.05) is 42.9 Å². The minimum Gasteiger partial charge on any atom is -0.337 e. The number of rotatable bonds is 9. The van der Waals surface area contributed by atoms with Gasteiger partial charge in [0, 0.05) is 37.6 Å². The number of allylic oxidation sites excluding steroid dienone is 5. The molecule has 0 bridgehead atoms. The van der Waals surface area contributed by atoms with Crippen LogP contribution in [0.1, 0.15) is 67.1 Å². The van der Waals surface area contributed by atoms with Gasteiger partial charge in [0.1, 0.15) is 28.5 Å². The fraction of sp³-hybridized carbons (Fsp3) is 0.312. The molecule has 9 heteroatoms. The second-order valence-electron chi connectivity index (χ2n) is 10.5. The molecule has 1 amide bonds. The van der Waals surface area contributed by atoms with Crippen molar-refractivity contribution in [2.45, 2.75) is 57.5 Å². The van der Waals surface area contributed by atoms with E-state index in [4.69, 9.17) is 0 Å². The summed E-state index contributed by atoms with van der Waals surface area (Å²) in [6, 6.07) is 12.3. The van der Waals surface area contributed by atoms with Gasteiger partial charge in [0.05, 0.1) is 11.4 Å². The van der Waals surface area contributed by atoms with Crippen molar-refractivity contribution in [3.8, 4) is 0 Å². The van der Waals surface area contributed by atoms with Gasteiger partial charge in [0.25, 0.3) is 0 Å². The van der Waals surface area contributed by atoms with Gasteiger partial charge in [-0.2, -0.15) is 0 Å². The lowest BCUT2D eigenvalue weighted by atomic mass is 9.87. The maximum atomic E-state index is 14.5. The van der Waals surface area contributed by atoms with E-state index in [1.54, 1.807) is 41.4 Å². The van der Waals surface area contributed by atoms with E-state index < -0.39 is 11.0 Å². The predicted octanol–water partition coefficient (Wildman–Crippen LogP) is 6.61. The van der Waals surface area contributed by atoms with Gasteiger partial charge in [0.2, 0.25) is 5.91 Å². The zero-order chi connectivity index (χ0) is 28.9. The van der Waals surface area contributed by atoms with Gasteiger partial charge < -0.3 is 9.47 Å². The van der Waals surface area contributed by atoms with E-state index >= 15 is 0 Å². The molecule has 2 aliphatic rings. The first-order valence-electron chi connectivity index (χ1n) is 13.9. The highest BCUT2D eigenvalue weighted by molar-refractivity contribution is 7.87. The summed E-state index contributed by atoms with van der Waals surface area (Å²) >= 11 is 0. The molecule has 0 radical (unpaired) electrons. The number of aryl methyl sites for hydroxylation is 2. The van der Waals surface area contributed by atoms with Crippen LogP contribution in [0.4, 0.5) is 14.5 Å². The van der Waals surface area contributed by atoms with Gasteiger partial charge in [-0.3, -0.25) is 4.79 Å². The van der Waals surface area contributed by atoms with Crippen molar-refractivity contribution in [2.24, 2.45) is 7.05 Å². The van der Waals surface area contributed by atoms with Crippen molar-refractivity contribution in [1.82, 2.24) is 14.3 Å². The summed E-state index contributed by atoms with van der Waals surface area (Å²) in [5.41, 5.74) is 3.34. The molecule has 6 nitrogen and oxygen atoms in total. The number of nitrogens with one attached hydrogen (secondary N) is 1. The van der Waals surface area contributed by atoms with E-state index in [9.17, 15) is 17.8 Å². The maximum Gasteiger partial charge on any atom is 0.228 e. The molecule has 41 heavy (non-hydrogen) atoms. The summed E-state index contributed by atoms with van der Waals surface area (Å²) < 4.78 is 46.5. The molecule has 3 aromatic rings. The Bertz CT molecular complexity index is 1540. The van der Waals surface area contributed by atoms with Gasteiger partial charge >= 0.3 is 0 Å². The summed E-state index contributed by atoms with van der Waals surface area (Å²) in [6.45, 7) is 2.11. The second-order valence-corrected chi connectivity index (χ2v) is 11.8. The molecule has 0 saturated heterocycles. The molecule has 214 valence electrons. The second kappa shape index (κ2) is 12.9. The van der Waals surface area contributed by atoms with Gasteiger partial charge in [-0.1, -0.05) is 37.3 Å². The standard InChI is InChI=1S/C32H34F2N4O2S/c1-22(27-10-3-4-11-29(27)34)19-32(39)38(21-31-35-17-18-37(31)2)25-15-13-23-7-5-12-30(28(23)20-25)36-41(40)26-9-6-8-24(33)14-16-26/h3-4,8-11,13-18,20,22,30,36H,5-7,12,19,21H2,1-2H3/t22-,30?,41?/m0/s1. The van der Waals surface area contributed by atoms with Gasteiger partial charge in [-0.25, -0.2) is 22.7 Å². The highest BCUT2D eigenvalue weighted by atomic mass is 32.2. The number of hydrogen-bond acceptors (Lipinski definition) is 3. The lowest BCUT2D eigenvalue weighted by Crippen LogP contribution is -2.33. The number of aromatic nitrogens is 2. The Kier molecular flexibility index (Phi) is 9.05. The summed E-state index contributed by atoms with van der Waals surface area (Å²) in [5, 5.41) is 0. The third kappa shape index (κ3) is 6.80. The number of benzene rings is 2. The number of imidazole rings is 1. The molecule has 0 saturated carbocycles. The molecular weight excluding hydrogens is 542 g/mol. The normalized spacial score (nSPS) is 18.1. The van der Waals surface area contributed by atoms with Crippen LogP contribution < -0.4 is 9.62 Å². The minimum absolute atomic E-state index is 0.124. The van der Waals surface area contributed by atoms with Crippen molar-refractivity contribution >= 4 is 22.6 Å². The first kappa shape index (κ1) is 28.8. The number of hydrogen-bond donors (Lipinski definition) is 1. The molecule has 3 atom stereocenters. The van der Waals surface area contributed by atoms with E-state index in [2.05, 4.69) is 9.71 Å². The van der Waals surface area contributed by atoms with Crippen LogP contribution in [0, 0.1) is 5.82 Å². The van der Waals surface area contributed by atoms with Gasteiger partial charge in [0.15, 0.2) is 0 Å². The first-order chi connectivity index (χ1) is 19.8. The molecule has 0 aliphatic heterocycles. The van der Waals surface area contributed by atoms with Crippen molar-refractivity contribution in [3.05, 3.63) is 118 Å². The molecule has 5 rings (SSSR count). The number of anilines is 1. The minimum atomic E-state index is -1.53. The Morgan fingerprint density at radius 2 is 2.02 bits per heavy atom. The quantitative estimate of drug-likeness (QED) is 0.312. The van der Waals surface area contributed by atoms with Crippen LogP contribution in [0.15, 0.2) is 89.9 Å². The Labute approximate surface area is 242 Å². The summed E-state index contributed by atoms with van der Waals surface area (Å²) in [6.07, 6.45) is 12.7. The van der Waals surface area contributed by atoms with Crippen molar-refractivity contribution in [2.75, 3.05) is 4.90 Å².